The van der Waals surface area contributed by atoms with Gasteiger partial charge in [0.25, 0.3) is 0 Å². The van der Waals surface area contributed by atoms with Gasteiger partial charge in [0.05, 0.1) is 7.11 Å². The van der Waals surface area contributed by atoms with Gasteiger partial charge in [-0.15, -0.1) is 0 Å². The molecular weight excluding hydrogens is 592 g/mol. The van der Waals surface area contributed by atoms with Crippen LogP contribution in [0.4, 0.5) is 0 Å². The Hall–Kier alpha value is -2.89. The van der Waals surface area contributed by atoms with E-state index in [9.17, 15) is 4.79 Å². The van der Waals surface area contributed by atoms with Gasteiger partial charge in [-0.25, -0.2) is 0 Å². The molecule has 4 aromatic rings. The van der Waals surface area contributed by atoms with E-state index in [0.717, 1.165) is 33.5 Å². The topological polar surface area (TPSA) is 35.5 Å². The van der Waals surface area contributed by atoms with Crippen molar-refractivity contribution in [3.8, 4) is 17.2 Å². The number of ether oxygens (including phenoxy) is 2. The van der Waals surface area contributed by atoms with E-state index in [-0.39, 0.29) is 11.2 Å². The van der Waals surface area contributed by atoms with Crippen molar-refractivity contribution in [3.63, 3.8) is 0 Å². The first-order valence-corrected chi connectivity index (χ1v) is 14.3. The van der Waals surface area contributed by atoms with Crippen molar-refractivity contribution in [1.82, 2.24) is 0 Å². The molecule has 0 aromatic heterocycles. The van der Waals surface area contributed by atoms with Crippen molar-refractivity contribution in [2.24, 2.45) is 0 Å². The predicted octanol–water partition coefficient (Wildman–Crippen LogP) is 9.14. The zero-order valence-corrected chi connectivity index (χ0v) is 24.6. The highest BCUT2D eigenvalue weighted by atomic mass is 79.9. The van der Waals surface area contributed by atoms with Gasteiger partial charge in [0.2, 0.25) is 0 Å². The molecule has 0 aliphatic rings. The number of halogens is 2. The highest BCUT2D eigenvalue weighted by Crippen LogP contribution is 2.38. The number of aryl methyl sites for hydroxylation is 1. The van der Waals surface area contributed by atoms with Gasteiger partial charge in [0, 0.05) is 38.3 Å². The van der Waals surface area contributed by atoms with E-state index < -0.39 is 0 Å². The molecule has 0 spiro atoms. The summed E-state index contributed by atoms with van der Waals surface area (Å²) in [6.45, 7) is 6.46. The standard InChI is InChI=1S/C32H30Br2O3/c1-21-5-7-22(8-6-21)31(35)23-9-13-28(14-10-23)37-30-16-12-27(18-25(30)20-34)32(2,3)26-11-15-29(36-4)24(17-26)19-33/h5-18H,19-20H2,1-4H3. The van der Waals surface area contributed by atoms with Crippen molar-refractivity contribution >= 4 is 37.6 Å². The van der Waals surface area contributed by atoms with E-state index in [1.165, 1.54) is 11.1 Å². The summed E-state index contributed by atoms with van der Waals surface area (Å²) in [4.78, 5) is 12.8. The lowest BCUT2D eigenvalue weighted by Crippen LogP contribution is -2.19. The van der Waals surface area contributed by atoms with Gasteiger partial charge in [0.1, 0.15) is 17.2 Å². The van der Waals surface area contributed by atoms with Crippen molar-refractivity contribution < 1.29 is 14.3 Å². The van der Waals surface area contributed by atoms with Crippen LogP contribution in [0, 0.1) is 6.92 Å². The number of alkyl halides is 2. The third-order valence-electron chi connectivity index (χ3n) is 6.73. The fraction of sp³-hybridized carbons (Fsp3) is 0.219. The smallest absolute Gasteiger partial charge is 0.193 e. The maximum atomic E-state index is 12.8. The lowest BCUT2D eigenvalue weighted by molar-refractivity contribution is 0.103. The summed E-state index contributed by atoms with van der Waals surface area (Å²) < 4.78 is 11.7. The maximum absolute atomic E-state index is 12.8. The summed E-state index contributed by atoms with van der Waals surface area (Å²) >= 11 is 7.21. The Balaban J connectivity index is 1.55. The lowest BCUT2D eigenvalue weighted by atomic mass is 9.77. The Bertz CT molecular complexity index is 1390. The number of ketones is 1. The number of methoxy groups -OCH3 is 1. The normalized spacial score (nSPS) is 11.3. The van der Waals surface area contributed by atoms with Gasteiger partial charge in [-0.05, 0) is 54.4 Å². The third kappa shape index (κ3) is 6.00. The van der Waals surface area contributed by atoms with Crippen molar-refractivity contribution in [1.29, 1.82) is 0 Å². The van der Waals surface area contributed by atoms with Crippen LogP contribution in [0.25, 0.3) is 0 Å². The predicted molar refractivity (Wildman–Crippen MR) is 158 cm³/mol. The van der Waals surface area contributed by atoms with Gasteiger partial charge < -0.3 is 9.47 Å². The highest BCUT2D eigenvalue weighted by molar-refractivity contribution is 9.08. The molecule has 4 rings (SSSR count). The maximum Gasteiger partial charge on any atom is 0.193 e. The molecule has 0 fully saturated rings. The SMILES string of the molecule is COc1ccc(C(C)(C)c2ccc(Oc3ccc(C(=O)c4ccc(C)cc4)cc3)c(CBr)c2)cc1CBr. The van der Waals surface area contributed by atoms with Crippen LogP contribution in [0.15, 0.2) is 84.9 Å². The number of carbonyl (C=O) groups excluding carboxylic acids is 1. The zero-order chi connectivity index (χ0) is 26.6. The molecule has 0 aliphatic heterocycles. The van der Waals surface area contributed by atoms with Gasteiger partial charge in [-0.3, -0.25) is 4.79 Å². The molecule has 0 unspecified atom stereocenters. The lowest BCUT2D eigenvalue weighted by Gasteiger charge is -2.28. The van der Waals surface area contributed by atoms with Crippen LogP contribution < -0.4 is 9.47 Å². The first-order valence-electron chi connectivity index (χ1n) is 12.1. The molecule has 37 heavy (non-hydrogen) atoms. The molecule has 0 bridgehead atoms. The number of benzene rings is 4. The number of hydrogen-bond donors (Lipinski definition) is 0. The first kappa shape index (κ1) is 27.2. The van der Waals surface area contributed by atoms with Crippen LogP contribution in [0.3, 0.4) is 0 Å². The molecule has 0 radical (unpaired) electrons. The molecule has 0 saturated heterocycles. The minimum atomic E-state index is -0.212. The fourth-order valence-corrected chi connectivity index (χ4v) is 5.16. The Morgan fingerprint density at radius 3 is 1.73 bits per heavy atom. The molecule has 4 aromatic carbocycles. The molecule has 0 saturated carbocycles. The minimum Gasteiger partial charge on any atom is -0.496 e. The Morgan fingerprint density at radius 2 is 1.22 bits per heavy atom. The second-order valence-corrected chi connectivity index (χ2v) is 10.7. The molecule has 0 N–H and O–H groups in total. The summed E-state index contributed by atoms with van der Waals surface area (Å²) in [5.41, 5.74) is 6.82. The van der Waals surface area contributed by atoms with E-state index >= 15 is 0 Å². The van der Waals surface area contributed by atoms with Crippen molar-refractivity contribution in [3.05, 3.63) is 124 Å². The van der Waals surface area contributed by atoms with Gasteiger partial charge in [-0.1, -0.05) is 99.8 Å². The molecule has 5 heteroatoms. The monoisotopic (exact) mass is 620 g/mol. The number of hydrogen-bond acceptors (Lipinski definition) is 3. The van der Waals surface area contributed by atoms with Gasteiger partial charge >= 0.3 is 0 Å². The fourth-order valence-electron chi connectivity index (χ4n) is 4.28. The van der Waals surface area contributed by atoms with E-state index in [1.807, 2.05) is 67.6 Å². The Morgan fingerprint density at radius 1 is 0.730 bits per heavy atom. The molecule has 0 atom stereocenters. The Labute approximate surface area is 236 Å². The molecule has 0 aliphatic carbocycles. The van der Waals surface area contributed by atoms with Gasteiger partial charge in [0.15, 0.2) is 5.78 Å². The number of carbonyl (C=O) groups is 1. The second kappa shape index (κ2) is 11.7. The largest absolute Gasteiger partial charge is 0.496 e. The third-order valence-corrected chi connectivity index (χ3v) is 7.94. The van der Waals surface area contributed by atoms with Crippen LogP contribution in [0.5, 0.6) is 17.2 Å². The minimum absolute atomic E-state index is 0.000815. The van der Waals surface area contributed by atoms with Crippen molar-refractivity contribution in [2.45, 2.75) is 36.8 Å². The molecule has 190 valence electrons. The second-order valence-electron chi connectivity index (χ2n) is 9.56. The summed E-state index contributed by atoms with van der Waals surface area (Å²) in [5, 5.41) is 1.39. The van der Waals surface area contributed by atoms with Crippen LogP contribution in [0.2, 0.25) is 0 Å². The molecule has 0 amide bonds. The molecule has 3 nitrogen and oxygen atoms in total. The van der Waals surface area contributed by atoms with Crippen LogP contribution in [0.1, 0.15) is 57.6 Å². The van der Waals surface area contributed by atoms with Crippen molar-refractivity contribution in [2.75, 3.05) is 7.11 Å². The average Bonchev–Trinajstić information content (AvgIpc) is 2.93. The molecule has 0 heterocycles. The first-order chi connectivity index (χ1) is 17.8. The van der Waals surface area contributed by atoms with Crippen LogP contribution in [-0.4, -0.2) is 12.9 Å². The zero-order valence-electron chi connectivity index (χ0n) is 21.5. The number of rotatable bonds is 9. The summed E-state index contributed by atoms with van der Waals surface area (Å²) in [5.74, 6) is 2.35. The highest BCUT2D eigenvalue weighted by Gasteiger charge is 2.25. The van der Waals surface area contributed by atoms with E-state index in [2.05, 4.69) is 70.0 Å². The summed E-state index contributed by atoms with van der Waals surface area (Å²) in [7, 11) is 1.70. The average molecular weight is 622 g/mol. The summed E-state index contributed by atoms with van der Waals surface area (Å²) in [6, 6.07) is 27.6. The molecular formula is C32H30Br2O3. The van der Waals surface area contributed by atoms with Crippen LogP contribution >= 0.6 is 31.9 Å². The van der Waals surface area contributed by atoms with E-state index in [1.54, 1.807) is 7.11 Å². The quantitative estimate of drug-likeness (QED) is 0.138. The van der Waals surface area contributed by atoms with E-state index in [4.69, 9.17) is 9.47 Å². The van der Waals surface area contributed by atoms with Gasteiger partial charge in [-0.2, -0.15) is 0 Å². The Kier molecular flexibility index (Phi) is 8.56. The van der Waals surface area contributed by atoms with Crippen LogP contribution in [-0.2, 0) is 16.1 Å². The summed E-state index contributed by atoms with van der Waals surface area (Å²) in [6.07, 6.45) is 0. The van der Waals surface area contributed by atoms with E-state index in [0.29, 0.717) is 22.2 Å².